The number of halogens is 4. The largest absolute Gasteiger partial charge is 0.434 e. The van der Waals surface area contributed by atoms with Crippen LogP contribution in [0.25, 0.3) is 0 Å². The van der Waals surface area contributed by atoms with Crippen molar-refractivity contribution in [3.8, 4) is 5.75 Å². The summed E-state index contributed by atoms with van der Waals surface area (Å²) in [6.07, 6.45) is 0.599. The molecular weight excluding hydrogens is 338 g/mol. The topological polar surface area (TPSA) is 26.3 Å². The Bertz CT molecular complexity index is 358. The second-order valence-electron chi connectivity index (χ2n) is 2.60. The van der Waals surface area contributed by atoms with Gasteiger partial charge in [0.25, 0.3) is 0 Å². The molecule has 0 fully saturated rings. The van der Waals surface area contributed by atoms with E-state index in [-0.39, 0.29) is 5.75 Å². The lowest BCUT2D eigenvalue weighted by Crippen LogP contribution is -2.05. The van der Waals surface area contributed by atoms with Crippen LogP contribution in [-0.2, 0) is 4.79 Å². The van der Waals surface area contributed by atoms with Gasteiger partial charge in [-0.15, -0.1) is 0 Å². The zero-order valence-corrected chi connectivity index (χ0v) is 10.5. The molecule has 1 aromatic rings. The Labute approximate surface area is 102 Å². The second kappa shape index (κ2) is 5.55. The van der Waals surface area contributed by atoms with Crippen molar-refractivity contribution in [1.82, 2.24) is 0 Å². The molecule has 0 aliphatic heterocycles. The highest BCUT2D eigenvalue weighted by molar-refractivity contribution is 9.10. The Kier molecular flexibility index (Phi) is 4.66. The molecule has 0 aromatic heterocycles. The van der Waals surface area contributed by atoms with Gasteiger partial charge >= 0.3 is 6.61 Å². The summed E-state index contributed by atoms with van der Waals surface area (Å²) in [5, 5.41) is 0. The van der Waals surface area contributed by atoms with E-state index in [1.165, 1.54) is 12.1 Å². The first-order chi connectivity index (χ1) is 7.04. The Morgan fingerprint density at radius 1 is 1.40 bits per heavy atom. The summed E-state index contributed by atoms with van der Waals surface area (Å²) in [4.78, 5) is 9.87. The molecule has 1 unspecified atom stereocenters. The molecule has 1 aromatic carbocycles. The standard InChI is InChI=1S/C9H6Br2F2O2/c10-5-1-2-6(7(11)4-14)8(3-5)15-9(12)13/h1-4,7,9H. The zero-order chi connectivity index (χ0) is 11.4. The minimum absolute atomic E-state index is 0.0200. The van der Waals surface area contributed by atoms with Crippen molar-refractivity contribution >= 4 is 38.1 Å². The maximum absolute atomic E-state index is 12.1. The van der Waals surface area contributed by atoms with E-state index in [0.29, 0.717) is 16.3 Å². The van der Waals surface area contributed by atoms with Gasteiger partial charge in [-0.3, -0.25) is 0 Å². The van der Waals surface area contributed by atoms with E-state index in [1.807, 2.05) is 0 Å². The minimum atomic E-state index is -2.91. The van der Waals surface area contributed by atoms with Crippen molar-refractivity contribution in [1.29, 1.82) is 0 Å². The zero-order valence-electron chi connectivity index (χ0n) is 7.29. The predicted octanol–water partition coefficient (Wildman–Crippen LogP) is 3.69. The third kappa shape index (κ3) is 3.53. The molecule has 0 saturated heterocycles. The number of aldehydes is 1. The Morgan fingerprint density at radius 2 is 2.07 bits per heavy atom. The quantitative estimate of drug-likeness (QED) is 0.615. The highest BCUT2D eigenvalue weighted by Crippen LogP contribution is 2.33. The highest BCUT2D eigenvalue weighted by Gasteiger charge is 2.15. The average molecular weight is 344 g/mol. The molecule has 0 aliphatic carbocycles. The van der Waals surface area contributed by atoms with Gasteiger partial charge in [-0.25, -0.2) is 0 Å². The Hall–Kier alpha value is -0.490. The van der Waals surface area contributed by atoms with Crippen LogP contribution in [0.4, 0.5) is 8.78 Å². The van der Waals surface area contributed by atoms with Gasteiger partial charge in [-0.1, -0.05) is 37.9 Å². The predicted molar refractivity (Wildman–Crippen MR) is 58.5 cm³/mol. The average Bonchev–Trinajstić information content (AvgIpc) is 2.16. The number of alkyl halides is 3. The SMILES string of the molecule is O=CC(Br)c1ccc(Br)cc1OC(F)F. The van der Waals surface area contributed by atoms with Crippen molar-refractivity contribution in [2.75, 3.05) is 0 Å². The molecule has 0 radical (unpaired) electrons. The van der Waals surface area contributed by atoms with Crippen LogP contribution in [0, 0.1) is 0 Å². The van der Waals surface area contributed by atoms with Gasteiger partial charge in [-0.05, 0) is 12.1 Å². The van der Waals surface area contributed by atoms with Gasteiger partial charge < -0.3 is 9.53 Å². The van der Waals surface area contributed by atoms with Gasteiger partial charge in [0, 0.05) is 10.0 Å². The number of carbonyl (C=O) groups is 1. The Balaban J connectivity index is 3.08. The summed E-state index contributed by atoms with van der Waals surface area (Å²) in [5.41, 5.74) is 0.369. The first-order valence-corrected chi connectivity index (χ1v) is 5.59. The summed E-state index contributed by atoms with van der Waals surface area (Å²) in [6, 6.07) is 4.57. The summed E-state index contributed by atoms with van der Waals surface area (Å²) in [6.45, 7) is -2.91. The molecule has 15 heavy (non-hydrogen) atoms. The minimum Gasteiger partial charge on any atom is -0.434 e. The number of hydrogen-bond donors (Lipinski definition) is 0. The van der Waals surface area contributed by atoms with Crippen LogP contribution in [0.3, 0.4) is 0 Å². The van der Waals surface area contributed by atoms with Crippen LogP contribution in [0.1, 0.15) is 10.4 Å². The molecule has 0 N–H and O–H groups in total. The van der Waals surface area contributed by atoms with E-state index in [2.05, 4.69) is 36.6 Å². The van der Waals surface area contributed by atoms with Gasteiger partial charge in [0.05, 0.1) is 4.83 Å². The first-order valence-electron chi connectivity index (χ1n) is 3.88. The van der Waals surface area contributed by atoms with Crippen LogP contribution >= 0.6 is 31.9 Å². The van der Waals surface area contributed by atoms with E-state index < -0.39 is 11.4 Å². The summed E-state index contributed by atoms with van der Waals surface area (Å²) >= 11 is 6.17. The van der Waals surface area contributed by atoms with Crippen molar-refractivity contribution in [3.05, 3.63) is 28.2 Å². The van der Waals surface area contributed by atoms with E-state index in [1.54, 1.807) is 6.07 Å². The number of benzene rings is 1. The normalized spacial score (nSPS) is 12.6. The number of hydrogen-bond acceptors (Lipinski definition) is 2. The Morgan fingerprint density at radius 3 is 2.60 bits per heavy atom. The number of rotatable bonds is 4. The van der Waals surface area contributed by atoms with Gasteiger partial charge in [0.15, 0.2) is 0 Å². The van der Waals surface area contributed by atoms with Gasteiger partial charge in [0.2, 0.25) is 0 Å². The lowest BCUT2D eigenvalue weighted by Gasteiger charge is -2.11. The lowest BCUT2D eigenvalue weighted by atomic mass is 10.1. The van der Waals surface area contributed by atoms with Crippen molar-refractivity contribution in [3.63, 3.8) is 0 Å². The molecule has 0 saturated carbocycles. The molecule has 2 nitrogen and oxygen atoms in total. The lowest BCUT2D eigenvalue weighted by molar-refractivity contribution is -0.107. The van der Waals surface area contributed by atoms with Crippen LogP contribution < -0.4 is 4.74 Å². The maximum atomic E-state index is 12.1. The smallest absolute Gasteiger partial charge is 0.387 e. The van der Waals surface area contributed by atoms with E-state index in [9.17, 15) is 13.6 Å². The number of ether oxygens (including phenoxy) is 1. The fourth-order valence-electron chi connectivity index (χ4n) is 1.01. The van der Waals surface area contributed by atoms with Crippen LogP contribution in [0.5, 0.6) is 5.75 Å². The second-order valence-corrected chi connectivity index (χ2v) is 4.50. The van der Waals surface area contributed by atoms with Crippen molar-refractivity contribution in [2.45, 2.75) is 11.4 Å². The third-order valence-corrected chi connectivity index (χ3v) is 2.81. The molecule has 6 heteroatoms. The summed E-state index contributed by atoms with van der Waals surface area (Å²) < 4.78 is 29.0. The van der Waals surface area contributed by atoms with E-state index in [4.69, 9.17) is 0 Å². The van der Waals surface area contributed by atoms with Crippen molar-refractivity contribution < 1.29 is 18.3 Å². The third-order valence-electron chi connectivity index (χ3n) is 1.61. The summed E-state index contributed by atoms with van der Waals surface area (Å²) in [7, 11) is 0. The fourth-order valence-corrected chi connectivity index (χ4v) is 1.73. The molecule has 1 atom stereocenters. The summed E-state index contributed by atoms with van der Waals surface area (Å²) in [5.74, 6) is -0.0200. The molecule has 1 rings (SSSR count). The van der Waals surface area contributed by atoms with Crippen LogP contribution in [-0.4, -0.2) is 12.9 Å². The molecule has 0 aliphatic rings. The van der Waals surface area contributed by atoms with Crippen molar-refractivity contribution in [2.24, 2.45) is 0 Å². The fraction of sp³-hybridized carbons (Fsp3) is 0.222. The molecule has 0 amide bonds. The monoisotopic (exact) mass is 342 g/mol. The first kappa shape index (κ1) is 12.6. The van der Waals surface area contributed by atoms with E-state index >= 15 is 0 Å². The highest BCUT2D eigenvalue weighted by atomic mass is 79.9. The number of carbonyl (C=O) groups excluding carboxylic acids is 1. The molecule has 0 bridgehead atoms. The maximum Gasteiger partial charge on any atom is 0.387 e. The van der Waals surface area contributed by atoms with Crippen LogP contribution in [0.15, 0.2) is 22.7 Å². The molecule has 82 valence electrons. The van der Waals surface area contributed by atoms with Gasteiger partial charge in [0.1, 0.15) is 12.0 Å². The molecular formula is C9H6Br2F2O2. The molecule has 0 spiro atoms. The van der Waals surface area contributed by atoms with E-state index in [0.717, 1.165) is 0 Å². The van der Waals surface area contributed by atoms with Crippen LogP contribution in [0.2, 0.25) is 0 Å². The van der Waals surface area contributed by atoms with Gasteiger partial charge in [-0.2, -0.15) is 8.78 Å². The molecule has 0 heterocycles.